The van der Waals surface area contributed by atoms with Gasteiger partial charge in [0.15, 0.2) is 0 Å². The van der Waals surface area contributed by atoms with Crippen LogP contribution in [0.4, 0.5) is 5.69 Å². The number of piperidine rings is 1. The lowest BCUT2D eigenvalue weighted by atomic mass is 10.1. The summed E-state index contributed by atoms with van der Waals surface area (Å²) in [5.74, 6) is 0.965. The van der Waals surface area contributed by atoms with Gasteiger partial charge in [0.25, 0.3) is 0 Å². The SMILES string of the molecule is Cc1cc(N2CC3CCC2C3)ccc1CNC(C)C. The highest BCUT2D eigenvalue weighted by Crippen LogP contribution is 2.40. The quantitative estimate of drug-likeness (QED) is 0.889. The Kier molecular flexibility index (Phi) is 3.53. The molecular weight excluding hydrogens is 232 g/mol. The molecule has 1 aromatic carbocycles. The molecule has 2 aliphatic rings. The van der Waals surface area contributed by atoms with Crippen LogP contribution < -0.4 is 10.2 Å². The summed E-state index contributed by atoms with van der Waals surface area (Å²) in [5.41, 5.74) is 4.30. The number of nitrogens with one attached hydrogen (secondary N) is 1. The average molecular weight is 258 g/mol. The first kappa shape index (κ1) is 13.0. The van der Waals surface area contributed by atoms with Crippen molar-refractivity contribution in [3.63, 3.8) is 0 Å². The third-order valence-electron chi connectivity index (χ3n) is 4.77. The van der Waals surface area contributed by atoms with E-state index in [1.165, 1.54) is 42.6 Å². The van der Waals surface area contributed by atoms with Gasteiger partial charge in [-0.05, 0) is 55.4 Å². The maximum atomic E-state index is 3.51. The van der Waals surface area contributed by atoms with Crippen molar-refractivity contribution in [2.75, 3.05) is 11.4 Å². The van der Waals surface area contributed by atoms with Crippen LogP contribution in [-0.4, -0.2) is 18.6 Å². The number of rotatable bonds is 4. The van der Waals surface area contributed by atoms with Gasteiger partial charge in [0, 0.05) is 30.9 Å². The van der Waals surface area contributed by atoms with E-state index in [1.807, 2.05) is 0 Å². The largest absolute Gasteiger partial charge is 0.368 e. The fourth-order valence-corrected chi connectivity index (χ4v) is 3.61. The van der Waals surface area contributed by atoms with Gasteiger partial charge < -0.3 is 10.2 Å². The van der Waals surface area contributed by atoms with Gasteiger partial charge in [-0.1, -0.05) is 19.9 Å². The number of benzene rings is 1. The van der Waals surface area contributed by atoms with Crippen LogP contribution >= 0.6 is 0 Å². The summed E-state index contributed by atoms with van der Waals surface area (Å²) in [6.45, 7) is 8.91. The lowest BCUT2D eigenvalue weighted by Crippen LogP contribution is -2.31. The van der Waals surface area contributed by atoms with Crippen LogP contribution in [0.5, 0.6) is 0 Å². The number of nitrogens with zero attached hydrogens (tertiary/aromatic N) is 1. The fourth-order valence-electron chi connectivity index (χ4n) is 3.61. The molecule has 0 amide bonds. The van der Waals surface area contributed by atoms with Crippen molar-refractivity contribution < 1.29 is 0 Å². The van der Waals surface area contributed by atoms with Gasteiger partial charge >= 0.3 is 0 Å². The molecule has 2 atom stereocenters. The zero-order chi connectivity index (χ0) is 13.4. The van der Waals surface area contributed by atoms with E-state index in [9.17, 15) is 0 Å². The predicted molar refractivity (Wildman–Crippen MR) is 81.6 cm³/mol. The topological polar surface area (TPSA) is 15.3 Å². The molecule has 2 nitrogen and oxygen atoms in total. The molecule has 1 aromatic rings. The highest BCUT2D eigenvalue weighted by atomic mass is 15.2. The van der Waals surface area contributed by atoms with Crippen molar-refractivity contribution in [3.05, 3.63) is 29.3 Å². The molecular formula is C17H26N2. The standard InChI is InChI=1S/C17H26N2/c1-12(2)18-10-15-5-7-16(8-13(15)3)19-11-14-4-6-17(19)9-14/h5,7-8,12,14,17-18H,4,6,9-11H2,1-3H3. The Hall–Kier alpha value is -1.02. The van der Waals surface area contributed by atoms with Gasteiger partial charge in [0.05, 0.1) is 0 Å². The average Bonchev–Trinajstić information content (AvgIpc) is 2.99. The summed E-state index contributed by atoms with van der Waals surface area (Å²) >= 11 is 0. The van der Waals surface area contributed by atoms with Crippen LogP contribution in [0, 0.1) is 12.8 Å². The van der Waals surface area contributed by atoms with Crippen molar-refractivity contribution in [1.82, 2.24) is 5.32 Å². The highest BCUT2D eigenvalue weighted by molar-refractivity contribution is 5.53. The minimum atomic E-state index is 0.549. The first-order chi connectivity index (χ1) is 9.13. The van der Waals surface area contributed by atoms with Gasteiger partial charge in [0.1, 0.15) is 0 Å². The van der Waals surface area contributed by atoms with Crippen LogP contribution in [0.3, 0.4) is 0 Å². The number of aryl methyl sites for hydroxylation is 1. The van der Waals surface area contributed by atoms with Crippen molar-refractivity contribution in [2.24, 2.45) is 5.92 Å². The molecule has 1 heterocycles. The molecule has 1 aliphatic heterocycles. The van der Waals surface area contributed by atoms with Crippen molar-refractivity contribution in [1.29, 1.82) is 0 Å². The Labute approximate surface area is 117 Å². The number of hydrogen-bond acceptors (Lipinski definition) is 2. The third-order valence-corrected chi connectivity index (χ3v) is 4.77. The maximum absolute atomic E-state index is 3.51. The molecule has 0 spiro atoms. The summed E-state index contributed by atoms with van der Waals surface area (Å²) in [6, 6.07) is 8.40. The van der Waals surface area contributed by atoms with E-state index in [2.05, 4.69) is 49.2 Å². The van der Waals surface area contributed by atoms with Crippen LogP contribution in [0.1, 0.15) is 44.2 Å². The summed E-state index contributed by atoms with van der Waals surface area (Å²) in [7, 11) is 0. The van der Waals surface area contributed by atoms with Gasteiger partial charge in [-0.25, -0.2) is 0 Å². The molecule has 2 bridgehead atoms. The Balaban J connectivity index is 1.72. The third kappa shape index (κ3) is 2.64. The lowest BCUT2D eigenvalue weighted by Gasteiger charge is -2.29. The molecule has 2 fully saturated rings. The Morgan fingerprint density at radius 2 is 2.16 bits per heavy atom. The van der Waals surface area contributed by atoms with Crippen molar-refractivity contribution >= 4 is 5.69 Å². The molecule has 0 radical (unpaired) electrons. The fraction of sp³-hybridized carbons (Fsp3) is 0.647. The second-order valence-corrected chi connectivity index (χ2v) is 6.63. The maximum Gasteiger partial charge on any atom is 0.0371 e. The predicted octanol–water partition coefficient (Wildman–Crippen LogP) is 3.48. The molecule has 1 aliphatic carbocycles. The van der Waals surface area contributed by atoms with Crippen LogP contribution in [0.25, 0.3) is 0 Å². The number of anilines is 1. The van der Waals surface area contributed by atoms with E-state index in [4.69, 9.17) is 0 Å². The monoisotopic (exact) mass is 258 g/mol. The summed E-state index contributed by atoms with van der Waals surface area (Å²) in [6.07, 6.45) is 4.28. The highest BCUT2D eigenvalue weighted by Gasteiger charge is 2.37. The van der Waals surface area contributed by atoms with Crippen molar-refractivity contribution in [3.8, 4) is 0 Å². The second-order valence-electron chi connectivity index (χ2n) is 6.63. The van der Waals surface area contributed by atoms with Gasteiger partial charge in [0.2, 0.25) is 0 Å². The normalized spacial score (nSPS) is 25.6. The van der Waals surface area contributed by atoms with E-state index in [0.29, 0.717) is 6.04 Å². The van der Waals surface area contributed by atoms with Crippen molar-refractivity contribution in [2.45, 2.75) is 58.7 Å². The minimum absolute atomic E-state index is 0.549. The molecule has 1 saturated heterocycles. The molecule has 19 heavy (non-hydrogen) atoms. The summed E-state index contributed by atoms with van der Waals surface area (Å²) < 4.78 is 0. The molecule has 3 rings (SSSR count). The van der Waals surface area contributed by atoms with E-state index in [1.54, 1.807) is 0 Å². The van der Waals surface area contributed by atoms with E-state index < -0.39 is 0 Å². The zero-order valence-corrected chi connectivity index (χ0v) is 12.4. The first-order valence-corrected chi connectivity index (χ1v) is 7.73. The second kappa shape index (κ2) is 5.16. The Morgan fingerprint density at radius 1 is 1.32 bits per heavy atom. The minimum Gasteiger partial charge on any atom is -0.368 e. The molecule has 1 N–H and O–H groups in total. The van der Waals surface area contributed by atoms with Crippen LogP contribution in [-0.2, 0) is 6.54 Å². The lowest BCUT2D eigenvalue weighted by molar-refractivity contribution is 0.553. The summed E-state index contributed by atoms with van der Waals surface area (Å²) in [4.78, 5) is 2.64. The number of hydrogen-bond donors (Lipinski definition) is 1. The van der Waals surface area contributed by atoms with E-state index >= 15 is 0 Å². The molecule has 104 valence electrons. The first-order valence-electron chi connectivity index (χ1n) is 7.73. The molecule has 2 unspecified atom stereocenters. The number of fused-ring (bicyclic) bond motifs is 2. The molecule has 1 saturated carbocycles. The van der Waals surface area contributed by atoms with Gasteiger partial charge in [-0.2, -0.15) is 0 Å². The Bertz CT molecular complexity index is 453. The van der Waals surface area contributed by atoms with Gasteiger partial charge in [-0.3, -0.25) is 0 Å². The van der Waals surface area contributed by atoms with E-state index in [0.717, 1.165) is 18.5 Å². The van der Waals surface area contributed by atoms with Gasteiger partial charge in [-0.15, -0.1) is 0 Å². The van der Waals surface area contributed by atoms with Crippen LogP contribution in [0.15, 0.2) is 18.2 Å². The zero-order valence-electron chi connectivity index (χ0n) is 12.4. The Morgan fingerprint density at radius 3 is 2.74 bits per heavy atom. The molecule has 2 heteroatoms. The summed E-state index contributed by atoms with van der Waals surface area (Å²) in [5, 5.41) is 3.51. The van der Waals surface area contributed by atoms with Crippen LogP contribution in [0.2, 0.25) is 0 Å². The van der Waals surface area contributed by atoms with E-state index in [-0.39, 0.29) is 0 Å². The smallest absolute Gasteiger partial charge is 0.0371 e. The molecule has 0 aromatic heterocycles.